The molecule has 6 aromatic carbocycles. The quantitative estimate of drug-likeness (QED) is 0.0170. The molecule has 0 spiro atoms. The molecule has 0 saturated carbocycles. The van der Waals surface area contributed by atoms with Gasteiger partial charge in [-0.1, -0.05) is 157 Å². The Morgan fingerprint density at radius 2 is 0.517 bits per heavy atom. The Morgan fingerprint density at radius 1 is 0.303 bits per heavy atom. The third-order valence-corrected chi connectivity index (χ3v) is 24.4. The number of pyridine rings is 6. The number of rotatable bonds is 33. The summed E-state index contributed by atoms with van der Waals surface area (Å²) in [5, 5.41) is 71.3. The normalized spacial score (nSPS) is 12.3. The average molecular weight is 1980 g/mol. The Balaban J connectivity index is 0.000000146. The number of unbranched alkanes of at least 4 members (excludes halogenated alkanes) is 1. The lowest BCUT2D eigenvalue weighted by atomic mass is 10.1. The Bertz CT molecular complexity index is 7230. The van der Waals surface area contributed by atoms with Gasteiger partial charge in [0.25, 0.3) is 0 Å². The highest BCUT2D eigenvalue weighted by Crippen LogP contribution is 2.38. The van der Waals surface area contributed by atoms with Crippen LogP contribution in [0.15, 0.2) is 146 Å². The summed E-state index contributed by atoms with van der Waals surface area (Å²) in [4.78, 5) is 71.1. The zero-order valence-corrected chi connectivity index (χ0v) is 87.8. The number of carbonyl (C=O) groups is 1. The Labute approximate surface area is 846 Å². The number of nitrogen functional groups attached to an aromatic ring is 6. The molecule has 1 amide bonds. The third kappa shape index (κ3) is 26.2. The number of nitrogens with one attached hydrogen (secondary N) is 4. The second-order valence-corrected chi connectivity index (χ2v) is 40.9. The van der Waals surface area contributed by atoms with Gasteiger partial charge in [-0.2, -0.15) is 0 Å². The lowest BCUT2D eigenvalue weighted by Crippen LogP contribution is -2.37. The lowest BCUT2D eigenvalue weighted by Gasteiger charge is -2.23. The third-order valence-electron chi connectivity index (χ3n) is 24.4. The van der Waals surface area contributed by atoms with Gasteiger partial charge in [-0.05, 0) is 172 Å². The van der Waals surface area contributed by atoms with E-state index >= 15 is 0 Å². The van der Waals surface area contributed by atoms with Crippen LogP contribution in [0.25, 0.3) is 132 Å². The molecule has 12 heterocycles. The van der Waals surface area contributed by atoms with Crippen LogP contribution in [0.3, 0.4) is 0 Å². The summed E-state index contributed by atoms with van der Waals surface area (Å²) in [6.45, 7) is 50.4. The molecule has 772 valence electrons. The van der Waals surface area contributed by atoms with Crippen LogP contribution in [0.1, 0.15) is 186 Å². The smallest absolute Gasteiger partial charge is 0.219 e. The number of fused-ring (bicyclic) bond motifs is 18. The maximum absolute atomic E-state index is 11.9. The van der Waals surface area contributed by atoms with Gasteiger partial charge in [-0.15, -0.1) is 0 Å². The van der Waals surface area contributed by atoms with Crippen molar-refractivity contribution in [1.29, 1.82) is 0 Å². The number of nitrogens with two attached hydrogens (primary N) is 7. The summed E-state index contributed by atoms with van der Waals surface area (Å²) in [6, 6.07) is 47.3. The molecule has 145 heavy (non-hydrogen) atoms. The van der Waals surface area contributed by atoms with E-state index in [2.05, 4.69) is 128 Å². The van der Waals surface area contributed by atoms with E-state index in [4.69, 9.17) is 55.1 Å². The molecular weight excluding hydrogens is 1830 g/mol. The summed E-state index contributed by atoms with van der Waals surface area (Å²) in [5.74, 6) is 7.61. The number of benzene rings is 6. The van der Waals surface area contributed by atoms with Crippen LogP contribution in [0, 0.1) is 0 Å². The molecule has 0 aliphatic carbocycles. The van der Waals surface area contributed by atoms with Gasteiger partial charge in [0.05, 0.1) is 166 Å². The molecule has 37 heteroatoms. The van der Waals surface area contributed by atoms with Gasteiger partial charge < -0.3 is 119 Å². The Hall–Kier alpha value is -13.6. The molecule has 0 aliphatic rings. The van der Waals surface area contributed by atoms with Crippen molar-refractivity contribution < 1.29 is 30.3 Å². The highest BCUT2D eigenvalue weighted by atomic mass is 16.3. The molecule has 0 unspecified atom stereocenters. The molecule has 0 saturated heterocycles. The fourth-order valence-electron chi connectivity index (χ4n) is 18.1. The van der Waals surface area contributed by atoms with E-state index in [0.29, 0.717) is 153 Å². The molecule has 37 nitrogen and oxygen atoms in total. The van der Waals surface area contributed by atoms with Crippen molar-refractivity contribution in [3.05, 3.63) is 181 Å². The monoisotopic (exact) mass is 1980 g/mol. The number of hydrogen-bond donors (Lipinski definition) is 16. The van der Waals surface area contributed by atoms with Gasteiger partial charge in [0.2, 0.25) is 5.91 Å². The number of aromatic nitrogens is 18. The minimum absolute atomic E-state index is 0.0229. The van der Waals surface area contributed by atoms with Gasteiger partial charge in [0.15, 0.2) is 34.9 Å². The zero-order valence-electron chi connectivity index (χ0n) is 87.8. The van der Waals surface area contributed by atoms with Crippen molar-refractivity contribution in [3.63, 3.8) is 0 Å². The molecule has 18 aromatic rings. The summed E-state index contributed by atoms with van der Waals surface area (Å²) in [6.07, 6.45) is 2.27. The first-order chi connectivity index (χ1) is 68.7. The van der Waals surface area contributed by atoms with Crippen LogP contribution in [-0.2, 0) is 83.3 Å². The first kappa shape index (κ1) is 109. The van der Waals surface area contributed by atoms with Crippen LogP contribution in [0.5, 0.6) is 0 Å². The van der Waals surface area contributed by atoms with Crippen LogP contribution >= 0.6 is 0 Å². The summed E-state index contributed by atoms with van der Waals surface area (Å²) < 4.78 is 12.4. The second-order valence-electron chi connectivity index (χ2n) is 40.9. The van der Waals surface area contributed by atoms with Gasteiger partial charge in [0, 0.05) is 57.9 Å². The fraction of sp³-hybridized carbons (Fsp3) is 0.435. The standard InChI is InChI=1S/C19H25N5O2.2C19H27N5O.C17H24N6.2C17H23N5O/c1-5-23(12(2)25)10-15-22-16-17(24(15)11-19(3,4)26)13-8-6-7-9-14(13)21-18(16)20;1-5-23(6-2)11-15-22-16-17(24(15)12-19(3,4)25)13-9-7-8-10-14(13)21-18(16)20;1-4-5-10-21-11-15-23-16-17(24(15)12-19(2,3)25)13-8-6-7-9-14(13)22-18(16)20;1-4-20-9-13-22-14-15(23(13)10-17(2,3)19)11-7-5-6-8-12(11)21-16(14)18;2*1-4-19-9-13-21-14-15(22(13)10-17(2,3)23)11-7-5-6-8-12(11)20-16(14)18/h6-9,26H,5,10-11H2,1-4H3,(H2,20,21);7-10,25H,5-6,11-12H2,1-4H3,(H2,20,21);6-9,21,25H,4-5,10-12H2,1-3H3,(H2,20,22);5-8,20H,4,9-10,19H2,1-3H3,(H2,18,21);2*5-8,19,23H,4,9-10H2,1-3H3,(H2,18,20). The van der Waals surface area contributed by atoms with Crippen molar-refractivity contribution in [2.24, 2.45) is 5.73 Å². The molecule has 0 radical (unpaired) electrons. The van der Waals surface area contributed by atoms with Gasteiger partial charge >= 0.3 is 0 Å². The number of para-hydroxylation sites is 6. The number of nitrogens with zero attached hydrogens (tertiary/aromatic N) is 20. The second kappa shape index (κ2) is 45.8. The van der Waals surface area contributed by atoms with Crippen LogP contribution in [0.2, 0.25) is 0 Å². The van der Waals surface area contributed by atoms with Crippen molar-refractivity contribution in [2.75, 3.05) is 80.2 Å². The van der Waals surface area contributed by atoms with E-state index in [9.17, 15) is 30.3 Å². The summed E-state index contributed by atoms with van der Waals surface area (Å²) >= 11 is 0. The van der Waals surface area contributed by atoms with E-state index in [1.807, 2.05) is 193 Å². The first-order valence-corrected chi connectivity index (χ1v) is 50.1. The number of imidazole rings is 6. The van der Waals surface area contributed by atoms with E-state index in [-0.39, 0.29) is 11.4 Å². The largest absolute Gasteiger partial charge is 0.389 e. The van der Waals surface area contributed by atoms with Crippen molar-refractivity contribution >= 4 is 172 Å². The highest BCUT2D eigenvalue weighted by molar-refractivity contribution is 6.11. The summed E-state index contributed by atoms with van der Waals surface area (Å²) in [7, 11) is 0. The van der Waals surface area contributed by atoms with Crippen molar-refractivity contribution in [2.45, 2.75) is 263 Å². The topological polar surface area (TPSA) is 539 Å². The SMILES string of the molecule is CCCCNCc1nc2c(N)nc3ccccc3c2n1CC(C)(C)O.CCN(CC)Cc1nc2c(N)nc3ccccc3c2n1CC(C)(C)O.CCN(Cc1nc2c(N)nc3ccccc3c2n1CC(C)(C)O)C(C)=O.CCNCc1nc2c(N)nc3ccccc3c2n1CC(C)(C)N.CCNCc1nc2c(N)nc3ccccc3c2n1CC(C)(C)O.CCNCc1nc2c(N)nc3ccccc3c2n1CC(C)(C)O. The molecule has 18 rings (SSSR count). The molecule has 0 fully saturated rings. The van der Waals surface area contributed by atoms with E-state index in [1.165, 1.54) is 6.92 Å². The van der Waals surface area contributed by atoms with Crippen LogP contribution in [-0.4, -0.2) is 208 Å². The minimum Gasteiger partial charge on any atom is -0.389 e. The van der Waals surface area contributed by atoms with E-state index in [0.717, 1.165) is 185 Å². The fourth-order valence-corrected chi connectivity index (χ4v) is 18.1. The number of carbonyl (C=O) groups excluding carboxylic acids is 1. The molecule has 0 bridgehead atoms. The highest BCUT2D eigenvalue weighted by Gasteiger charge is 2.31. The number of anilines is 6. The lowest BCUT2D eigenvalue weighted by molar-refractivity contribution is -0.129. The molecule has 12 aromatic heterocycles. The van der Waals surface area contributed by atoms with E-state index < -0.39 is 28.0 Å². The van der Waals surface area contributed by atoms with E-state index in [1.54, 1.807) is 60.3 Å². The number of amides is 1. The Morgan fingerprint density at radius 3 is 0.724 bits per heavy atom. The molecule has 0 atom stereocenters. The number of hydrogen-bond acceptors (Lipinski definition) is 30. The summed E-state index contributed by atoms with van der Waals surface area (Å²) in [5.41, 5.74) is 53.3. The minimum atomic E-state index is -0.950. The maximum Gasteiger partial charge on any atom is 0.219 e. The number of aliphatic hydroxyl groups is 5. The van der Waals surface area contributed by atoms with Gasteiger partial charge in [-0.25, -0.2) is 59.8 Å². The predicted octanol–water partition coefficient (Wildman–Crippen LogP) is 14.0. The average Bonchev–Trinajstić information content (AvgIpc) is 1.62. The Kier molecular flexibility index (Phi) is 34.3. The maximum atomic E-state index is 11.9. The zero-order chi connectivity index (χ0) is 105. The van der Waals surface area contributed by atoms with Crippen LogP contribution in [0.4, 0.5) is 34.9 Å². The van der Waals surface area contributed by atoms with Crippen LogP contribution < -0.4 is 61.4 Å². The van der Waals surface area contributed by atoms with Gasteiger partial charge in [0.1, 0.15) is 68.0 Å². The molecule has 23 N–H and O–H groups in total. The molecule has 0 aliphatic heterocycles. The first-order valence-electron chi connectivity index (χ1n) is 50.1. The predicted molar refractivity (Wildman–Crippen MR) is 589 cm³/mol. The van der Waals surface area contributed by atoms with Crippen molar-refractivity contribution in [1.82, 2.24) is 118 Å². The van der Waals surface area contributed by atoms with Crippen molar-refractivity contribution in [3.8, 4) is 0 Å². The van der Waals surface area contributed by atoms with Gasteiger partial charge in [-0.3, -0.25) is 9.69 Å². The molecular formula is C108H149N31O6.